The largest absolute Gasteiger partial charge is 0.393 e. The molecule has 88 valence electrons. The zero-order valence-corrected chi connectivity index (χ0v) is 11.0. The van der Waals surface area contributed by atoms with Crippen molar-refractivity contribution >= 4 is 34.0 Å². The Kier molecular flexibility index (Phi) is 4.94. The van der Waals surface area contributed by atoms with Crippen molar-refractivity contribution in [2.24, 2.45) is 0 Å². The highest BCUT2D eigenvalue weighted by Crippen LogP contribution is 2.23. The van der Waals surface area contributed by atoms with Crippen molar-refractivity contribution in [1.82, 2.24) is 0 Å². The molecule has 0 radical (unpaired) electrons. The fraction of sp³-hybridized carbons (Fsp3) is 0.400. The number of hydrogen-bond donors (Lipinski definition) is 2. The number of nitro benzene ring substituents is 1. The lowest BCUT2D eigenvalue weighted by atomic mass is 10.2. The molecule has 0 saturated carbocycles. The van der Waals surface area contributed by atoms with E-state index in [4.69, 9.17) is 5.11 Å². The fourth-order valence-electron chi connectivity index (χ4n) is 1.18. The maximum Gasteiger partial charge on any atom is 0.270 e. The topological polar surface area (TPSA) is 75.4 Å². The summed E-state index contributed by atoms with van der Waals surface area (Å²) in [4.78, 5) is 10.1. The van der Waals surface area contributed by atoms with E-state index in [9.17, 15) is 10.1 Å². The molecule has 0 aromatic heterocycles. The van der Waals surface area contributed by atoms with Crippen molar-refractivity contribution in [3.8, 4) is 0 Å². The molecule has 1 aromatic rings. The molecule has 0 aliphatic heterocycles. The van der Waals surface area contributed by atoms with Crippen LogP contribution in [-0.4, -0.2) is 22.7 Å². The molecule has 0 fully saturated rings. The highest BCUT2D eigenvalue weighted by molar-refractivity contribution is 14.1. The molecule has 0 amide bonds. The van der Waals surface area contributed by atoms with Crippen molar-refractivity contribution in [2.75, 3.05) is 11.9 Å². The number of benzene rings is 1. The van der Waals surface area contributed by atoms with Gasteiger partial charge in [0, 0.05) is 27.9 Å². The Labute approximate surface area is 107 Å². The first-order valence-corrected chi connectivity index (χ1v) is 5.94. The van der Waals surface area contributed by atoms with Gasteiger partial charge in [0.1, 0.15) is 0 Å². The molecule has 1 unspecified atom stereocenters. The molecule has 6 heteroatoms. The molecule has 0 aliphatic rings. The second-order valence-corrected chi connectivity index (χ2v) is 4.65. The average Bonchev–Trinajstić information content (AvgIpc) is 2.19. The van der Waals surface area contributed by atoms with E-state index in [1.807, 2.05) is 22.6 Å². The maximum atomic E-state index is 10.5. The molecule has 0 bridgehead atoms. The first-order chi connectivity index (χ1) is 7.50. The number of non-ortho nitro benzene ring substituents is 1. The SMILES string of the molecule is CC(O)CCNc1ccc([N+](=O)[O-])cc1I. The number of aliphatic hydroxyl groups is 1. The van der Waals surface area contributed by atoms with Gasteiger partial charge in [0.25, 0.3) is 5.69 Å². The molecule has 1 aromatic carbocycles. The monoisotopic (exact) mass is 336 g/mol. The Hall–Kier alpha value is -0.890. The van der Waals surface area contributed by atoms with Crippen molar-refractivity contribution in [3.05, 3.63) is 31.9 Å². The molecule has 2 N–H and O–H groups in total. The summed E-state index contributed by atoms with van der Waals surface area (Å²) in [6.07, 6.45) is 0.302. The summed E-state index contributed by atoms with van der Waals surface area (Å²) in [5, 5.41) is 22.7. The first kappa shape index (κ1) is 13.2. The van der Waals surface area contributed by atoms with Crippen molar-refractivity contribution in [1.29, 1.82) is 0 Å². The van der Waals surface area contributed by atoms with Crippen LogP contribution in [0.25, 0.3) is 0 Å². The second-order valence-electron chi connectivity index (χ2n) is 3.49. The predicted molar refractivity (Wildman–Crippen MR) is 70.6 cm³/mol. The van der Waals surface area contributed by atoms with E-state index in [1.54, 1.807) is 13.0 Å². The van der Waals surface area contributed by atoms with Gasteiger partial charge in [-0.15, -0.1) is 0 Å². The summed E-state index contributed by atoms with van der Waals surface area (Å²) in [5.41, 5.74) is 0.942. The lowest BCUT2D eigenvalue weighted by Gasteiger charge is -2.09. The number of nitro groups is 1. The van der Waals surface area contributed by atoms with E-state index in [0.29, 0.717) is 13.0 Å². The van der Waals surface area contributed by atoms with Gasteiger partial charge in [-0.3, -0.25) is 10.1 Å². The molecular formula is C10H13IN2O3. The minimum absolute atomic E-state index is 0.0884. The molecule has 16 heavy (non-hydrogen) atoms. The molecule has 0 saturated heterocycles. The molecule has 0 heterocycles. The van der Waals surface area contributed by atoms with Gasteiger partial charge in [0.15, 0.2) is 0 Å². The van der Waals surface area contributed by atoms with Crippen LogP contribution in [0, 0.1) is 13.7 Å². The average molecular weight is 336 g/mol. The molecule has 1 rings (SSSR count). The van der Waals surface area contributed by atoms with Gasteiger partial charge in [-0.25, -0.2) is 0 Å². The van der Waals surface area contributed by atoms with Crippen LogP contribution in [0.2, 0.25) is 0 Å². The summed E-state index contributed by atoms with van der Waals surface area (Å²) in [6, 6.07) is 4.67. The molecule has 1 atom stereocenters. The number of nitrogens with one attached hydrogen (secondary N) is 1. The number of aliphatic hydroxyl groups excluding tert-OH is 1. The van der Waals surface area contributed by atoms with Crippen LogP contribution in [0.5, 0.6) is 0 Å². The van der Waals surface area contributed by atoms with Gasteiger partial charge in [0.05, 0.1) is 11.0 Å². The quantitative estimate of drug-likeness (QED) is 0.492. The highest BCUT2D eigenvalue weighted by atomic mass is 127. The number of hydrogen-bond acceptors (Lipinski definition) is 4. The van der Waals surface area contributed by atoms with Crippen LogP contribution < -0.4 is 5.32 Å². The van der Waals surface area contributed by atoms with E-state index in [-0.39, 0.29) is 11.8 Å². The fourth-order valence-corrected chi connectivity index (χ4v) is 1.87. The second kappa shape index (κ2) is 6.00. The minimum atomic E-state index is -0.415. The van der Waals surface area contributed by atoms with Gasteiger partial charge in [-0.2, -0.15) is 0 Å². The van der Waals surface area contributed by atoms with E-state index >= 15 is 0 Å². The Bertz CT molecular complexity index is 382. The minimum Gasteiger partial charge on any atom is -0.393 e. The zero-order chi connectivity index (χ0) is 12.1. The standard InChI is InChI=1S/C10H13IN2O3/c1-7(14)4-5-12-10-3-2-8(13(15)16)6-9(10)11/h2-3,6-7,12,14H,4-5H2,1H3. The number of halogens is 1. The summed E-state index contributed by atoms with van der Waals surface area (Å²) in [5.74, 6) is 0. The Morgan fingerprint density at radius 2 is 2.31 bits per heavy atom. The van der Waals surface area contributed by atoms with Crippen LogP contribution in [0.1, 0.15) is 13.3 Å². The third-order valence-corrected chi connectivity index (χ3v) is 2.93. The Morgan fingerprint density at radius 1 is 1.62 bits per heavy atom. The molecule has 0 spiro atoms. The molecule has 0 aliphatic carbocycles. The third kappa shape index (κ3) is 3.93. The van der Waals surface area contributed by atoms with Crippen molar-refractivity contribution in [2.45, 2.75) is 19.4 Å². The molecule has 5 nitrogen and oxygen atoms in total. The van der Waals surface area contributed by atoms with Crippen LogP contribution in [0.3, 0.4) is 0 Å². The number of nitrogens with zero attached hydrogens (tertiary/aromatic N) is 1. The number of rotatable bonds is 5. The van der Waals surface area contributed by atoms with Gasteiger partial charge < -0.3 is 10.4 Å². The highest BCUT2D eigenvalue weighted by Gasteiger charge is 2.08. The van der Waals surface area contributed by atoms with Crippen molar-refractivity contribution in [3.63, 3.8) is 0 Å². The lowest BCUT2D eigenvalue weighted by molar-refractivity contribution is -0.384. The number of anilines is 1. The van der Waals surface area contributed by atoms with E-state index < -0.39 is 4.92 Å². The van der Waals surface area contributed by atoms with E-state index in [2.05, 4.69) is 5.32 Å². The third-order valence-electron chi connectivity index (χ3n) is 2.04. The Morgan fingerprint density at radius 3 is 2.81 bits per heavy atom. The maximum absolute atomic E-state index is 10.5. The van der Waals surface area contributed by atoms with Crippen molar-refractivity contribution < 1.29 is 10.0 Å². The predicted octanol–water partition coefficient (Wildman–Crippen LogP) is 2.38. The van der Waals surface area contributed by atoms with Gasteiger partial charge in [-0.1, -0.05) is 0 Å². The van der Waals surface area contributed by atoms with Gasteiger partial charge in [0.2, 0.25) is 0 Å². The van der Waals surface area contributed by atoms with Gasteiger partial charge >= 0.3 is 0 Å². The van der Waals surface area contributed by atoms with Crippen LogP contribution in [0.15, 0.2) is 18.2 Å². The van der Waals surface area contributed by atoms with E-state index in [1.165, 1.54) is 12.1 Å². The summed E-state index contributed by atoms with van der Waals surface area (Å²) in [6.45, 7) is 2.37. The smallest absolute Gasteiger partial charge is 0.270 e. The Balaban J connectivity index is 2.64. The van der Waals surface area contributed by atoms with Gasteiger partial charge in [-0.05, 0) is 42.0 Å². The molecular weight excluding hydrogens is 323 g/mol. The summed E-state index contributed by atoms with van der Waals surface area (Å²) in [7, 11) is 0. The van der Waals surface area contributed by atoms with Crippen LogP contribution >= 0.6 is 22.6 Å². The van der Waals surface area contributed by atoms with E-state index in [0.717, 1.165) is 9.26 Å². The van der Waals surface area contributed by atoms with Crippen LogP contribution in [0.4, 0.5) is 11.4 Å². The lowest BCUT2D eigenvalue weighted by Crippen LogP contribution is -2.10. The summed E-state index contributed by atoms with van der Waals surface area (Å²) < 4.78 is 0.803. The summed E-state index contributed by atoms with van der Waals surface area (Å²) >= 11 is 2.05. The zero-order valence-electron chi connectivity index (χ0n) is 8.81. The normalized spacial score (nSPS) is 12.2. The van der Waals surface area contributed by atoms with Crippen LogP contribution in [-0.2, 0) is 0 Å². The first-order valence-electron chi connectivity index (χ1n) is 4.86.